The minimum absolute atomic E-state index is 0.306. The Morgan fingerprint density at radius 3 is 2.29 bits per heavy atom. The zero-order valence-electron chi connectivity index (χ0n) is 15.5. The number of hydrogen-bond acceptors (Lipinski definition) is 5. The van der Waals surface area contributed by atoms with Crippen molar-refractivity contribution in [2.75, 3.05) is 26.4 Å². The molecule has 0 aromatic heterocycles. The van der Waals surface area contributed by atoms with Crippen LogP contribution in [0.25, 0.3) is 0 Å². The van der Waals surface area contributed by atoms with Crippen molar-refractivity contribution < 1.29 is 18.9 Å². The molecule has 0 saturated carbocycles. The van der Waals surface area contributed by atoms with Crippen LogP contribution in [0.1, 0.15) is 71.6 Å². The first kappa shape index (κ1) is 18.6. The van der Waals surface area contributed by atoms with Crippen molar-refractivity contribution in [2.24, 2.45) is 0 Å². The lowest BCUT2D eigenvalue weighted by Crippen LogP contribution is -2.56. The Labute approximate surface area is 146 Å². The third kappa shape index (κ3) is 4.13. The summed E-state index contributed by atoms with van der Waals surface area (Å²) in [6, 6.07) is 0.812. The first-order chi connectivity index (χ1) is 11.7. The minimum Gasteiger partial charge on any atom is -0.348 e. The third-order valence-electron chi connectivity index (χ3n) is 5.88. The van der Waals surface area contributed by atoms with Crippen molar-refractivity contribution in [3.8, 4) is 0 Å². The van der Waals surface area contributed by atoms with Crippen LogP contribution in [-0.4, -0.2) is 50.1 Å². The Bertz CT molecular complexity index is 378. The van der Waals surface area contributed by atoms with E-state index in [9.17, 15) is 0 Å². The molecule has 140 valence electrons. The van der Waals surface area contributed by atoms with Crippen LogP contribution in [0.5, 0.6) is 0 Å². The molecule has 24 heavy (non-hydrogen) atoms. The van der Waals surface area contributed by atoms with Crippen LogP contribution in [-0.2, 0) is 18.9 Å². The summed E-state index contributed by atoms with van der Waals surface area (Å²) in [7, 11) is 0. The molecule has 3 rings (SSSR count). The van der Waals surface area contributed by atoms with E-state index in [1.54, 1.807) is 0 Å². The summed E-state index contributed by atoms with van der Waals surface area (Å²) in [4.78, 5) is 0. The molecule has 3 fully saturated rings. The molecule has 2 atom stereocenters. The van der Waals surface area contributed by atoms with Gasteiger partial charge in [-0.15, -0.1) is 0 Å². The zero-order valence-corrected chi connectivity index (χ0v) is 15.5. The van der Waals surface area contributed by atoms with Crippen molar-refractivity contribution >= 4 is 0 Å². The molecule has 0 spiro atoms. The highest BCUT2D eigenvalue weighted by molar-refractivity contribution is 4.93. The van der Waals surface area contributed by atoms with Crippen LogP contribution in [0.4, 0.5) is 0 Å². The lowest BCUT2D eigenvalue weighted by atomic mass is 9.88. The average molecular weight is 341 g/mol. The van der Waals surface area contributed by atoms with Crippen LogP contribution < -0.4 is 5.32 Å². The van der Waals surface area contributed by atoms with Crippen molar-refractivity contribution in [1.82, 2.24) is 5.32 Å². The molecule has 0 aliphatic carbocycles. The molecule has 3 saturated heterocycles. The minimum atomic E-state index is -0.404. The fourth-order valence-electron chi connectivity index (χ4n) is 4.47. The number of hydrogen-bond donors (Lipinski definition) is 1. The number of unbranched alkanes of at least 4 members (excludes halogenated alkanes) is 1. The number of ether oxygens (including phenoxy) is 4. The molecule has 0 radical (unpaired) electrons. The molecule has 5 nitrogen and oxygen atoms in total. The Balaban J connectivity index is 1.53. The van der Waals surface area contributed by atoms with Gasteiger partial charge >= 0.3 is 0 Å². The largest absolute Gasteiger partial charge is 0.348 e. The van der Waals surface area contributed by atoms with Gasteiger partial charge in [-0.05, 0) is 25.7 Å². The van der Waals surface area contributed by atoms with Crippen molar-refractivity contribution in [1.29, 1.82) is 0 Å². The lowest BCUT2D eigenvalue weighted by molar-refractivity contribution is -0.189. The smallest absolute Gasteiger partial charge is 0.183 e. The van der Waals surface area contributed by atoms with Crippen LogP contribution in [0.3, 0.4) is 0 Å². The van der Waals surface area contributed by atoms with Crippen LogP contribution in [0, 0.1) is 0 Å². The highest BCUT2D eigenvalue weighted by Gasteiger charge is 2.45. The molecule has 0 aromatic rings. The van der Waals surface area contributed by atoms with E-state index in [0.717, 1.165) is 58.5 Å². The van der Waals surface area contributed by atoms with Gasteiger partial charge in [0, 0.05) is 25.3 Å². The second kappa shape index (κ2) is 8.45. The second-order valence-corrected chi connectivity index (χ2v) is 7.46. The Hall–Kier alpha value is -0.200. The Morgan fingerprint density at radius 1 is 0.917 bits per heavy atom. The van der Waals surface area contributed by atoms with Gasteiger partial charge in [0.25, 0.3) is 0 Å². The summed E-state index contributed by atoms with van der Waals surface area (Å²) in [6.45, 7) is 7.31. The maximum atomic E-state index is 6.00. The van der Waals surface area contributed by atoms with E-state index < -0.39 is 5.79 Å². The van der Waals surface area contributed by atoms with Gasteiger partial charge in [0.15, 0.2) is 11.6 Å². The van der Waals surface area contributed by atoms with E-state index in [2.05, 4.69) is 19.2 Å². The van der Waals surface area contributed by atoms with E-state index in [0.29, 0.717) is 12.1 Å². The first-order valence-electron chi connectivity index (χ1n) is 10.0. The van der Waals surface area contributed by atoms with Gasteiger partial charge in [-0.25, -0.2) is 0 Å². The summed E-state index contributed by atoms with van der Waals surface area (Å²) in [5, 5.41) is 3.82. The van der Waals surface area contributed by atoms with Gasteiger partial charge in [0.2, 0.25) is 0 Å². The Kier molecular flexibility index (Phi) is 6.55. The molecule has 0 bridgehead atoms. The fraction of sp³-hybridized carbons (Fsp3) is 1.00. The van der Waals surface area contributed by atoms with Crippen molar-refractivity contribution in [3.63, 3.8) is 0 Å². The van der Waals surface area contributed by atoms with Crippen LogP contribution in [0.15, 0.2) is 0 Å². The fourth-order valence-corrected chi connectivity index (χ4v) is 4.47. The molecule has 5 heteroatoms. The molecular weight excluding hydrogens is 306 g/mol. The summed E-state index contributed by atoms with van der Waals surface area (Å²) in [6.07, 6.45) is 9.96. The maximum absolute atomic E-state index is 6.00. The third-order valence-corrected chi connectivity index (χ3v) is 5.88. The molecule has 0 unspecified atom stereocenters. The average Bonchev–Trinajstić information content (AvgIpc) is 3.29. The quantitative estimate of drug-likeness (QED) is 0.733. The summed E-state index contributed by atoms with van der Waals surface area (Å²) in [5.41, 5.74) is 0. The van der Waals surface area contributed by atoms with Gasteiger partial charge < -0.3 is 24.3 Å². The van der Waals surface area contributed by atoms with Crippen LogP contribution >= 0.6 is 0 Å². The summed E-state index contributed by atoms with van der Waals surface area (Å²) in [5.74, 6) is -0.730. The van der Waals surface area contributed by atoms with E-state index in [-0.39, 0.29) is 5.79 Å². The lowest BCUT2D eigenvalue weighted by Gasteiger charge is -2.41. The summed E-state index contributed by atoms with van der Waals surface area (Å²) < 4.78 is 24.0. The molecule has 3 heterocycles. The van der Waals surface area contributed by atoms with Crippen molar-refractivity contribution in [2.45, 2.75) is 95.3 Å². The zero-order chi connectivity index (χ0) is 16.9. The normalized spacial score (nSPS) is 32.2. The van der Waals surface area contributed by atoms with E-state index in [4.69, 9.17) is 18.9 Å². The summed E-state index contributed by atoms with van der Waals surface area (Å²) >= 11 is 0. The molecule has 1 N–H and O–H groups in total. The van der Waals surface area contributed by atoms with Gasteiger partial charge in [-0.1, -0.05) is 26.7 Å². The topological polar surface area (TPSA) is 49.0 Å². The highest BCUT2D eigenvalue weighted by Crippen LogP contribution is 2.35. The van der Waals surface area contributed by atoms with Gasteiger partial charge in [-0.3, -0.25) is 0 Å². The SMILES string of the molecule is CCCCC1(CC[C@H]2CCC[C@@H](C3(CC)OCCO3)N2)OCCO1. The van der Waals surface area contributed by atoms with Gasteiger partial charge in [-0.2, -0.15) is 0 Å². The molecule has 0 aromatic carbocycles. The number of piperidine rings is 1. The standard InChI is InChI=1S/C19H35NO4/c1-3-5-10-18(21-12-13-22-18)11-9-16-7-6-8-17(20-16)19(4-2)23-14-15-24-19/h16-17,20H,3-15H2,1-2H3/t16-,17+/m1/s1. The highest BCUT2D eigenvalue weighted by atomic mass is 16.7. The predicted molar refractivity (Wildman–Crippen MR) is 92.9 cm³/mol. The maximum Gasteiger partial charge on any atom is 0.183 e. The van der Waals surface area contributed by atoms with Gasteiger partial charge in [0.1, 0.15) is 0 Å². The molecule has 3 aliphatic rings. The predicted octanol–water partition coefficient (Wildman–Crippen LogP) is 3.36. The monoisotopic (exact) mass is 341 g/mol. The number of nitrogens with one attached hydrogen (secondary N) is 1. The van der Waals surface area contributed by atoms with E-state index >= 15 is 0 Å². The van der Waals surface area contributed by atoms with E-state index in [1.807, 2.05) is 0 Å². The first-order valence-corrected chi connectivity index (χ1v) is 10.0. The molecular formula is C19H35NO4. The van der Waals surface area contributed by atoms with E-state index in [1.165, 1.54) is 25.7 Å². The van der Waals surface area contributed by atoms with Crippen molar-refractivity contribution in [3.05, 3.63) is 0 Å². The second-order valence-electron chi connectivity index (χ2n) is 7.46. The molecule has 0 amide bonds. The number of rotatable bonds is 8. The van der Waals surface area contributed by atoms with Gasteiger partial charge in [0.05, 0.1) is 32.5 Å². The Morgan fingerprint density at radius 2 is 1.62 bits per heavy atom. The van der Waals surface area contributed by atoms with Crippen LogP contribution in [0.2, 0.25) is 0 Å². The molecule has 3 aliphatic heterocycles.